The number of halogens is 1. The number of sulfone groups is 1. The van der Waals surface area contributed by atoms with Crippen molar-refractivity contribution in [2.45, 2.75) is 51.4 Å². The number of H-pyrrole nitrogens is 1. The minimum atomic E-state index is -3.46. The van der Waals surface area contributed by atoms with Gasteiger partial charge in [0.05, 0.1) is 18.1 Å². The monoisotopic (exact) mass is 472 g/mol. The van der Waals surface area contributed by atoms with Crippen molar-refractivity contribution in [2.24, 2.45) is 5.92 Å². The Labute approximate surface area is 185 Å². The molecule has 1 saturated heterocycles. The Morgan fingerprint density at radius 3 is 2.59 bits per heavy atom. The van der Waals surface area contributed by atoms with E-state index in [9.17, 15) is 27.2 Å². The minimum Gasteiger partial charge on any atom is -0.475 e. The third kappa shape index (κ3) is 6.75. The van der Waals surface area contributed by atoms with Crippen molar-refractivity contribution in [1.29, 1.82) is 0 Å². The molecule has 10 nitrogen and oxygen atoms in total. The predicted octanol–water partition coefficient (Wildman–Crippen LogP) is 1.33. The lowest BCUT2D eigenvalue weighted by Gasteiger charge is -2.16. The fourth-order valence-electron chi connectivity index (χ4n) is 3.47. The van der Waals surface area contributed by atoms with Crippen molar-refractivity contribution < 1.29 is 27.1 Å². The van der Waals surface area contributed by atoms with Gasteiger partial charge in [-0.15, -0.1) is 0 Å². The van der Waals surface area contributed by atoms with Crippen molar-refractivity contribution >= 4 is 21.8 Å². The summed E-state index contributed by atoms with van der Waals surface area (Å²) < 4.78 is 44.6. The van der Waals surface area contributed by atoms with E-state index in [4.69, 9.17) is 4.74 Å². The van der Waals surface area contributed by atoms with Gasteiger partial charge in [0.15, 0.2) is 9.84 Å². The minimum absolute atomic E-state index is 0.0323. The highest BCUT2D eigenvalue weighted by molar-refractivity contribution is 7.91. The number of carbonyl (C=O) groups is 2. The largest absolute Gasteiger partial charge is 0.475 e. The van der Waals surface area contributed by atoms with Crippen LogP contribution in [0.5, 0.6) is 5.88 Å². The molecule has 2 heterocycles. The Hall–Kier alpha value is -2.50. The van der Waals surface area contributed by atoms with E-state index in [1.54, 1.807) is 6.92 Å². The first-order chi connectivity index (χ1) is 15.2. The number of carbonyl (C=O) groups excluding carboxylic acids is 2. The van der Waals surface area contributed by atoms with E-state index in [0.717, 1.165) is 12.8 Å². The first-order valence-electron chi connectivity index (χ1n) is 10.9. The number of amides is 3. The number of aromatic amines is 1. The van der Waals surface area contributed by atoms with Gasteiger partial charge in [-0.1, -0.05) is 13.3 Å². The molecule has 2 fully saturated rings. The van der Waals surface area contributed by atoms with Crippen LogP contribution in [0.3, 0.4) is 0 Å². The summed E-state index contributed by atoms with van der Waals surface area (Å²) in [6.07, 6.45) is 3.97. The Bertz CT molecular complexity index is 1010. The second-order valence-electron chi connectivity index (χ2n) is 8.38. The van der Waals surface area contributed by atoms with Crippen LogP contribution in [0.25, 0.3) is 0 Å². The molecule has 3 rings (SSSR count). The van der Waals surface area contributed by atoms with Crippen LogP contribution in [0.4, 0.5) is 9.18 Å². The van der Waals surface area contributed by atoms with Crippen molar-refractivity contribution in [2.75, 3.05) is 31.2 Å². The molecule has 178 valence electrons. The zero-order valence-corrected chi connectivity index (χ0v) is 18.9. The maximum absolute atomic E-state index is 14.1. The third-order valence-corrected chi connectivity index (χ3v) is 7.41. The summed E-state index contributed by atoms with van der Waals surface area (Å²) in [6, 6.07) is -0.422. The summed E-state index contributed by atoms with van der Waals surface area (Å²) in [5, 5.41) is 2.19. The highest BCUT2D eigenvalue weighted by Crippen LogP contribution is 2.29. The van der Waals surface area contributed by atoms with E-state index in [-0.39, 0.29) is 42.3 Å². The smallest absolute Gasteiger partial charge is 0.324 e. The molecule has 12 heteroatoms. The Balaban J connectivity index is 1.51. The van der Waals surface area contributed by atoms with Gasteiger partial charge in [0, 0.05) is 12.5 Å². The van der Waals surface area contributed by atoms with E-state index in [2.05, 4.69) is 15.3 Å². The molecular formula is C20H29FN4O6S. The lowest BCUT2D eigenvalue weighted by atomic mass is 10.1. The molecule has 1 aromatic rings. The summed E-state index contributed by atoms with van der Waals surface area (Å²) in [5.41, 5.74) is -0.971. The molecule has 3 amide bonds. The second-order valence-corrected chi connectivity index (χ2v) is 10.6. The van der Waals surface area contributed by atoms with Gasteiger partial charge in [-0.05, 0) is 38.0 Å². The van der Waals surface area contributed by atoms with Crippen molar-refractivity contribution in [3.63, 3.8) is 0 Å². The van der Waals surface area contributed by atoms with E-state index in [1.807, 2.05) is 0 Å². The Kier molecular flexibility index (Phi) is 7.86. The highest BCUT2D eigenvalue weighted by Gasteiger charge is 2.27. The van der Waals surface area contributed by atoms with Crippen molar-refractivity contribution in [3.05, 3.63) is 22.0 Å². The van der Waals surface area contributed by atoms with Gasteiger partial charge in [0.2, 0.25) is 11.7 Å². The molecule has 0 bridgehead atoms. The molecule has 1 aromatic heterocycles. The predicted molar refractivity (Wildman–Crippen MR) is 114 cm³/mol. The number of imide groups is 1. The number of rotatable bonds is 13. The molecule has 0 spiro atoms. The fraction of sp³-hybridized carbons (Fsp3) is 0.700. The molecule has 1 saturated carbocycles. The van der Waals surface area contributed by atoms with Crippen LogP contribution in [0.1, 0.15) is 57.2 Å². The maximum Gasteiger partial charge on any atom is 0.324 e. The summed E-state index contributed by atoms with van der Waals surface area (Å²) >= 11 is 0. The summed E-state index contributed by atoms with van der Waals surface area (Å²) in [4.78, 5) is 42.4. The Morgan fingerprint density at radius 2 is 1.97 bits per heavy atom. The summed E-state index contributed by atoms with van der Waals surface area (Å²) in [6.45, 7) is 2.48. The zero-order chi connectivity index (χ0) is 23.3. The first-order valence-corrected chi connectivity index (χ1v) is 12.7. The maximum atomic E-state index is 14.1. The van der Waals surface area contributed by atoms with Gasteiger partial charge < -0.3 is 14.6 Å². The molecule has 1 aliphatic heterocycles. The molecule has 0 radical (unpaired) electrons. The van der Waals surface area contributed by atoms with E-state index in [0.29, 0.717) is 38.1 Å². The number of nitrogens with one attached hydrogen (secondary N) is 2. The van der Waals surface area contributed by atoms with Gasteiger partial charge in [-0.2, -0.15) is 9.37 Å². The van der Waals surface area contributed by atoms with Gasteiger partial charge in [0.1, 0.15) is 12.4 Å². The van der Waals surface area contributed by atoms with Crippen LogP contribution < -0.4 is 15.6 Å². The molecule has 2 N–H and O–H groups in total. The van der Waals surface area contributed by atoms with Crippen LogP contribution in [0, 0.1) is 11.7 Å². The number of nitrogens with zero attached hydrogens (tertiary/aromatic N) is 2. The molecule has 1 atom stereocenters. The van der Waals surface area contributed by atoms with E-state index >= 15 is 0 Å². The number of hydrogen-bond acceptors (Lipinski definition) is 7. The van der Waals surface area contributed by atoms with Gasteiger partial charge in [-0.25, -0.2) is 13.2 Å². The van der Waals surface area contributed by atoms with Crippen LogP contribution >= 0.6 is 0 Å². The molecule has 32 heavy (non-hydrogen) atoms. The van der Waals surface area contributed by atoms with Crippen LogP contribution in [0.15, 0.2) is 4.79 Å². The first kappa shape index (κ1) is 24.1. The normalized spacial score (nSPS) is 17.5. The Morgan fingerprint density at radius 1 is 1.22 bits per heavy atom. The van der Waals surface area contributed by atoms with Gasteiger partial charge in [0.25, 0.3) is 11.4 Å². The summed E-state index contributed by atoms with van der Waals surface area (Å²) in [5.74, 6) is -2.21. The second kappa shape index (κ2) is 10.4. The van der Waals surface area contributed by atoms with E-state index in [1.165, 1.54) is 4.90 Å². The topological polar surface area (TPSA) is 139 Å². The van der Waals surface area contributed by atoms with Crippen molar-refractivity contribution in [1.82, 2.24) is 20.2 Å². The third-order valence-electron chi connectivity index (χ3n) is 5.59. The molecule has 1 unspecified atom stereocenters. The van der Waals surface area contributed by atoms with Crippen LogP contribution in [-0.4, -0.2) is 66.4 Å². The van der Waals surface area contributed by atoms with Gasteiger partial charge >= 0.3 is 6.03 Å². The standard InChI is InChI=1S/C20H29FN4O6S/c1-2-14(17-23-18(27)16(21)19(24-17)31-11-13-6-7-13)12-32(29,30)9-5-3-4-8-25-10-15(26)22-20(25)28/h13-14H,2-12H2,1H3,(H,22,26,28)(H,23,24,27). The lowest BCUT2D eigenvalue weighted by molar-refractivity contribution is -0.118. The highest BCUT2D eigenvalue weighted by atomic mass is 32.2. The number of unbranched alkanes of at least 4 members (excludes halogenated alkanes) is 2. The molecule has 0 aromatic carbocycles. The van der Waals surface area contributed by atoms with E-state index < -0.39 is 33.2 Å². The zero-order valence-electron chi connectivity index (χ0n) is 18.1. The SMILES string of the molecule is CCC(CS(=O)(=O)CCCCCN1CC(=O)NC1=O)c1nc(OCC2CC2)c(F)c(=O)[nH]1. The summed E-state index contributed by atoms with van der Waals surface area (Å²) in [7, 11) is -3.46. The quantitative estimate of drug-likeness (QED) is 0.326. The van der Waals surface area contributed by atoms with Gasteiger partial charge in [-0.3, -0.25) is 14.9 Å². The lowest BCUT2D eigenvalue weighted by Crippen LogP contribution is -2.29. The number of hydrogen-bond donors (Lipinski definition) is 2. The number of ether oxygens (including phenoxy) is 1. The average molecular weight is 473 g/mol. The van der Waals surface area contributed by atoms with Crippen molar-refractivity contribution in [3.8, 4) is 5.88 Å². The van der Waals surface area contributed by atoms with Crippen LogP contribution in [0.2, 0.25) is 0 Å². The average Bonchev–Trinajstić information content (AvgIpc) is 3.50. The fourth-order valence-corrected chi connectivity index (χ4v) is 5.29. The number of aromatic nitrogens is 2. The molecule has 1 aliphatic carbocycles. The number of urea groups is 1. The molecule has 2 aliphatic rings. The van der Waals surface area contributed by atoms with Crippen LogP contribution in [-0.2, 0) is 14.6 Å². The molecular weight excluding hydrogens is 443 g/mol.